The average Bonchev–Trinajstić information content (AvgIpc) is 2.69. The van der Waals surface area contributed by atoms with Crippen LogP contribution in [0.1, 0.15) is 25.7 Å². The largest absolute Gasteiger partial charge is 0.353 e. The van der Waals surface area contributed by atoms with Gasteiger partial charge in [0.15, 0.2) is 6.29 Å². The molecule has 0 aromatic rings. The van der Waals surface area contributed by atoms with Crippen molar-refractivity contribution in [2.24, 2.45) is 5.73 Å². The Morgan fingerprint density at radius 3 is 2.73 bits per heavy atom. The zero-order chi connectivity index (χ0) is 7.68. The van der Waals surface area contributed by atoms with E-state index in [1.54, 1.807) is 0 Å². The summed E-state index contributed by atoms with van der Waals surface area (Å²) in [6, 6.07) is 0.278. The van der Waals surface area contributed by atoms with Crippen molar-refractivity contribution in [3.8, 4) is 0 Å². The molecule has 0 radical (unpaired) electrons. The van der Waals surface area contributed by atoms with Gasteiger partial charge in [-0.25, -0.2) is 0 Å². The molecular formula is C8H15NO2. The lowest BCUT2D eigenvalue weighted by atomic mass is 10.2. The van der Waals surface area contributed by atoms with E-state index in [2.05, 4.69) is 0 Å². The SMILES string of the molecule is N[C@@H]1C[C@@H]1OC1CCCCO1. The predicted molar refractivity (Wildman–Crippen MR) is 41.1 cm³/mol. The lowest BCUT2D eigenvalue weighted by Crippen LogP contribution is -2.25. The molecule has 0 aromatic carbocycles. The molecule has 0 spiro atoms. The van der Waals surface area contributed by atoms with Crippen LogP contribution in [-0.4, -0.2) is 25.0 Å². The molecule has 1 unspecified atom stereocenters. The Morgan fingerprint density at radius 2 is 2.18 bits per heavy atom. The number of rotatable bonds is 2. The fraction of sp³-hybridized carbons (Fsp3) is 1.00. The minimum Gasteiger partial charge on any atom is -0.353 e. The summed E-state index contributed by atoms with van der Waals surface area (Å²) >= 11 is 0. The standard InChI is InChI=1S/C8H15NO2/c9-6-5-7(6)11-8-3-1-2-4-10-8/h6-8H,1-5,9H2/t6-,7+,8?/m1/s1. The van der Waals surface area contributed by atoms with Crippen LogP contribution >= 0.6 is 0 Å². The summed E-state index contributed by atoms with van der Waals surface area (Å²) in [4.78, 5) is 0. The molecule has 0 bridgehead atoms. The Morgan fingerprint density at radius 1 is 1.36 bits per heavy atom. The van der Waals surface area contributed by atoms with Crippen molar-refractivity contribution in [1.82, 2.24) is 0 Å². The van der Waals surface area contributed by atoms with Gasteiger partial charge in [-0.3, -0.25) is 0 Å². The fourth-order valence-electron chi connectivity index (χ4n) is 1.36. The summed E-state index contributed by atoms with van der Waals surface area (Å²) in [5.41, 5.74) is 5.60. The summed E-state index contributed by atoms with van der Waals surface area (Å²) in [5.74, 6) is 0. The van der Waals surface area contributed by atoms with Gasteiger partial charge in [0.1, 0.15) is 0 Å². The number of hydrogen-bond acceptors (Lipinski definition) is 3. The highest BCUT2D eigenvalue weighted by Crippen LogP contribution is 2.27. The first kappa shape index (κ1) is 7.53. The zero-order valence-electron chi connectivity index (χ0n) is 6.66. The van der Waals surface area contributed by atoms with Crippen LogP contribution in [0.25, 0.3) is 0 Å². The second kappa shape index (κ2) is 3.09. The van der Waals surface area contributed by atoms with Crippen LogP contribution in [-0.2, 0) is 9.47 Å². The number of hydrogen-bond donors (Lipinski definition) is 1. The van der Waals surface area contributed by atoms with Crippen molar-refractivity contribution in [1.29, 1.82) is 0 Å². The van der Waals surface area contributed by atoms with Crippen LogP contribution in [0.2, 0.25) is 0 Å². The van der Waals surface area contributed by atoms with Gasteiger partial charge in [0.2, 0.25) is 0 Å². The Labute approximate surface area is 66.8 Å². The lowest BCUT2D eigenvalue weighted by molar-refractivity contribution is -0.169. The maximum Gasteiger partial charge on any atom is 0.158 e. The number of nitrogens with two attached hydrogens (primary N) is 1. The van der Waals surface area contributed by atoms with E-state index >= 15 is 0 Å². The van der Waals surface area contributed by atoms with Gasteiger partial charge in [-0.05, 0) is 25.7 Å². The van der Waals surface area contributed by atoms with E-state index in [-0.39, 0.29) is 18.4 Å². The van der Waals surface area contributed by atoms with Crippen molar-refractivity contribution in [2.45, 2.75) is 44.1 Å². The van der Waals surface area contributed by atoms with Crippen LogP contribution in [0, 0.1) is 0 Å². The summed E-state index contributed by atoms with van der Waals surface area (Å²) < 4.78 is 11.0. The normalized spacial score (nSPS) is 43.9. The molecule has 1 heterocycles. The van der Waals surface area contributed by atoms with Gasteiger partial charge >= 0.3 is 0 Å². The molecule has 0 aromatic heterocycles. The van der Waals surface area contributed by atoms with Gasteiger partial charge in [-0.2, -0.15) is 0 Å². The van der Waals surface area contributed by atoms with Crippen molar-refractivity contribution >= 4 is 0 Å². The van der Waals surface area contributed by atoms with E-state index in [1.807, 2.05) is 0 Å². The molecule has 1 aliphatic heterocycles. The molecule has 3 heteroatoms. The maximum atomic E-state index is 5.60. The monoisotopic (exact) mass is 157 g/mol. The van der Waals surface area contributed by atoms with Crippen LogP contribution in [0.4, 0.5) is 0 Å². The molecule has 2 fully saturated rings. The first-order valence-electron chi connectivity index (χ1n) is 4.39. The molecule has 0 amide bonds. The Hall–Kier alpha value is -0.120. The highest BCUT2D eigenvalue weighted by atomic mass is 16.7. The third-order valence-corrected chi connectivity index (χ3v) is 2.24. The molecule has 2 rings (SSSR count). The molecule has 3 atom stereocenters. The average molecular weight is 157 g/mol. The van der Waals surface area contributed by atoms with E-state index in [9.17, 15) is 0 Å². The third kappa shape index (κ3) is 1.92. The Kier molecular flexibility index (Phi) is 2.11. The Balaban J connectivity index is 1.68. The van der Waals surface area contributed by atoms with E-state index in [1.165, 1.54) is 12.8 Å². The van der Waals surface area contributed by atoms with Crippen LogP contribution in [0.5, 0.6) is 0 Å². The zero-order valence-corrected chi connectivity index (χ0v) is 6.66. The van der Waals surface area contributed by atoms with Gasteiger partial charge in [0.05, 0.1) is 6.10 Å². The molecule has 2 aliphatic rings. The van der Waals surface area contributed by atoms with Gasteiger partial charge in [-0.1, -0.05) is 0 Å². The number of ether oxygens (including phenoxy) is 2. The van der Waals surface area contributed by atoms with Crippen LogP contribution in [0.15, 0.2) is 0 Å². The summed E-state index contributed by atoms with van der Waals surface area (Å²) in [7, 11) is 0. The van der Waals surface area contributed by atoms with Gasteiger partial charge in [0.25, 0.3) is 0 Å². The predicted octanol–water partition coefficient (Wildman–Crippen LogP) is 0.629. The van der Waals surface area contributed by atoms with E-state index in [0.29, 0.717) is 0 Å². The maximum absolute atomic E-state index is 5.60. The molecule has 2 N–H and O–H groups in total. The quantitative estimate of drug-likeness (QED) is 0.639. The van der Waals surface area contributed by atoms with Crippen molar-refractivity contribution < 1.29 is 9.47 Å². The molecular weight excluding hydrogens is 142 g/mol. The second-order valence-corrected chi connectivity index (χ2v) is 3.37. The molecule has 1 saturated heterocycles. The first-order chi connectivity index (χ1) is 5.36. The van der Waals surface area contributed by atoms with Crippen LogP contribution < -0.4 is 5.73 Å². The molecule has 1 saturated carbocycles. The highest BCUT2D eigenvalue weighted by Gasteiger charge is 2.37. The van der Waals surface area contributed by atoms with Crippen LogP contribution in [0.3, 0.4) is 0 Å². The van der Waals surface area contributed by atoms with Gasteiger partial charge in [-0.15, -0.1) is 0 Å². The minimum absolute atomic E-state index is 0.0438. The summed E-state index contributed by atoms with van der Waals surface area (Å²) in [5, 5.41) is 0. The topological polar surface area (TPSA) is 44.5 Å². The van der Waals surface area contributed by atoms with Crippen molar-refractivity contribution in [2.75, 3.05) is 6.61 Å². The minimum atomic E-state index is 0.0438. The molecule has 1 aliphatic carbocycles. The molecule has 11 heavy (non-hydrogen) atoms. The second-order valence-electron chi connectivity index (χ2n) is 3.37. The van der Waals surface area contributed by atoms with Gasteiger partial charge < -0.3 is 15.2 Å². The summed E-state index contributed by atoms with van der Waals surface area (Å²) in [6.45, 7) is 0.854. The summed E-state index contributed by atoms with van der Waals surface area (Å²) in [6.07, 6.45) is 4.80. The third-order valence-electron chi connectivity index (χ3n) is 2.24. The smallest absolute Gasteiger partial charge is 0.158 e. The van der Waals surface area contributed by atoms with E-state index in [4.69, 9.17) is 15.2 Å². The fourth-order valence-corrected chi connectivity index (χ4v) is 1.36. The van der Waals surface area contributed by atoms with Gasteiger partial charge in [0, 0.05) is 12.6 Å². The van der Waals surface area contributed by atoms with Crippen molar-refractivity contribution in [3.63, 3.8) is 0 Å². The molecule has 64 valence electrons. The van der Waals surface area contributed by atoms with E-state index in [0.717, 1.165) is 19.4 Å². The molecule has 3 nitrogen and oxygen atoms in total. The Bertz CT molecular complexity index is 134. The van der Waals surface area contributed by atoms with E-state index < -0.39 is 0 Å². The lowest BCUT2D eigenvalue weighted by Gasteiger charge is -2.22. The first-order valence-corrected chi connectivity index (χ1v) is 4.39. The highest BCUT2D eigenvalue weighted by molar-refractivity contribution is 4.92. The van der Waals surface area contributed by atoms with Crippen molar-refractivity contribution in [3.05, 3.63) is 0 Å².